The van der Waals surface area contributed by atoms with Gasteiger partial charge in [-0.05, 0) is 42.8 Å². The van der Waals surface area contributed by atoms with Crippen LogP contribution >= 0.6 is 0 Å². The molecule has 0 saturated heterocycles. The molecule has 0 heterocycles. The third kappa shape index (κ3) is 4.04. The van der Waals surface area contributed by atoms with E-state index < -0.39 is 0 Å². The predicted molar refractivity (Wildman–Crippen MR) is 93.0 cm³/mol. The third-order valence-electron chi connectivity index (χ3n) is 3.40. The zero-order valence-corrected chi connectivity index (χ0v) is 14.1. The lowest BCUT2D eigenvalue weighted by atomic mass is 10.1. The van der Waals surface area contributed by atoms with Crippen LogP contribution in [0.2, 0.25) is 0 Å². The molecule has 24 heavy (non-hydrogen) atoms. The molecule has 0 aliphatic heterocycles. The molecule has 0 unspecified atom stereocenters. The molecule has 6 nitrogen and oxygen atoms in total. The molecule has 2 N–H and O–H groups in total. The summed E-state index contributed by atoms with van der Waals surface area (Å²) in [5.74, 6) is 0.560. The SMILES string of the molecule is COc1cc(C(=O)Nc2cccc(NC(C)=O)c2)c(OC)cc1C. The van der Waals surface area contributed by atoms with Crippen LogP contribution in [0.25, 0.3) is 0 Å². The zero-order valence-electron chi connectivity index (χ0n) is 14.1. The van der Waals surface area contributed by atoms with Gasteiger partial charge in [-0.25, -0.2) is 0 Å². The monoisotopic (exact) mass is 328 g/mol. The summed E-state index contributed by atoms with van der Waals surface area (Å²) < 4.78 is 10.6. The standard InChI is InChI=1S/C18H20N2O4/c1-11-8-17(24-4)15(10-16(11)23-3)18(22)20-14-7-5-6-13(9-14)19-12(2)21/h5-10H,1-4H3,(H,19,21)(H,20,22). The molecule has 6 heteroatoms. The molecule has 0 aliphatic carbocycles. The number of benzene rings is 2. The molecule has 2 amide bonds. The van der Waals surface area contributed by atoms with Crippen LogP contribution < -0.4 is 20.1 Å². The smallest absolute Gasteiger partial charge is 0.259 e. The Hall–Kier alpha value is -3.02. The average molecular weight is 328 g/mol. The highest BCUT2D eigenvalue weighted by atomic mass is 16.5. The van der Waals surface area contributed by atoms with Crippen LogP contribution in [-0.4, -0.2) is 26.0 Å². The lowest BCUT2D eigenvalue weighted by Crippen LogP contribution is -2.14. The Morgan fingerprint density at radius 3 is 2.12 bits per heavy atom. The van der Waals surface area contributed by atoms with Crippen molar-refractivity contribution in [2.45, 2.75) is 13.8 Å². The van der Waals surface area contributed by atoms with Gasteiger partial charge in [-0.1, -0.05) is 6.07 Å². The van der Waals surface area contributed by atoms with Gasteiger partial charge in [0.05, 0.1) is 19.8 Å². The van der Waals surface area contributed by atoms with Crippen molar-refractivity contribution in [2.75, 3.05) is 24.9 Å². The first-order valence-corrected chi connectivity index (χ1v) is 7.36. The first-order valence-electron chi connectivity index (χ1n) is 7.36. The summed E-state index contributed by atoms with van der Waals surface area (Å²) >= 11 is 0. The van der Waals surface area contributed by atoms with E-state index >= 15 is 0 Å². The minimum atomic E-state index is -0.329. The summed E-state index contributed by atoms with van der Waals surface area (Å²) in [6.07, 6.45) is 0. The van der Waals surface area contributed by atoms with Crippen molar-refractivity contribution < 1.29 is 19.1 Å². The van der Waals surface area contributed by atoms with Crippen LogP contribution in [0.15, 0.2) is 36.4 Å². The fraction of sp³-hybridized carbons (Fsp3) is 0.222. The Labute approximate surface area is 140 Å². The summed E-state index contributed by atoms with van der Waals surface area (Å²) in [4.78, 5) is 23.7. The van der Waals surface area contributed by atoms with Crippen LogP contribution in [0.1, 0.15) is 22.8 Å². The van der Waals surface area contributed by atoms with E-state index in [0.717, 1.165) is 5.56 Å². The van der Waals surface area contributed by atoms with Crippen LogP contribution in [-0.2, 0) is 4.79 Å². The van der Waals surface area contributed by atoms with E-state index in [0.29, 0.717) is 28.4 Å². The van der Waals surface area contributed by atoms with Crippen LogP contribution in [0.4, 0.5) is 11.4 Å². The molecule has 0 atom stereocenters. The minimum absolute atomic E-state index is 0.177. The summed E-state index contributed by atoms with van der Waals surface area (Å²) in [7, 11) is 3.06. The van der Waals surface area contributed by atoms with Gasteiger partial charge in [0.15, 0.2) is 0 Å². The van der Waals surface area contributed by atoms with E-state index in [9.17, 15) is 9.59 Å². The predicted octanol–water partition coefficient (Wildman–Crippen LogP) is 3.22. The fourth-order valence-electron chi connectivity index (χ4n) is 2.30. The van der Waals surface area contributed by atoms with Gasteiger partial charge in [-0.3, -0.25) is 9.59 Å². The normalized spacial score (nSPS) is 10.0. The number of ether oxygens (including phenoxy) is 2. The molecule has 0 aliphatic rings. The summed E-state index contributed by atoms with van der Waals surface area (Å²) in [6.45, 7) is 3.30. The average Bonchev–Trinajstić information content (AvgIpc) is 2.54. The number of rotatable bonds is 5. The van der Waals surface area contributed by atoms with Gasteiger partial charge in [-0.2, -0.15) is 0 Å². The lowest BCUT2D eigenvalue weighted by Gasteiger charge is -2.13. The van der Waals surface area contributed by atoms with E-state index in [1.165, 1.54) is 14.0 Å². The number of hydrogen-bond acceptors (Lipinski definition) is 4. The Kier molecular flexibility index (Phi) is 5.42. The van der Waals surface area contributed by atoms with Crippen molar-refractivity contribution in [3.63, 3.8) is 0 Å². The van der Waals surface area contributed by atoms with Crippen molar-refractivity contribution in [3.05, 3.63) is 47.5 Å². The maximum absolute atomic E-state index is 12.6. The molecular formula is C18H20N2O4. The quantitative estimate of drug-likeness (QED) is 0.883. The van der Waals surface area contributed by atoms with Gasteiger partial charge in [-0.15, -0.1) is 0 Å². The molecule has 0 bridgehead atoms. The highest BCUT2D eigenvalue weighted by Gasteiger charge is 2.16. The fourth-order valence-corrected chi connectivity index (χ4v) is 2.30. The maximum atomic E-state index is 12.6. The number of hydrogen-bond donors (Lipinski definition) is 2. The molecule has 0 saturated carbocycles. The second-order valence-corrected chi connectivity index (χ2v) is 5.24. The first kappa shape index (κ1) is 17.3. The lowest BCUT2D eigenvalue weighted by molar-refractivity contribution is -0.114. The zero-order chi connectivity index (χ0) is 17.7. The van der Waals surface area contributed by atoms with Crippen molar-refractivity contribution >= 4 is 23.2 Å². The van der Waals surface area contributed by atoms with Gasteiger partial charge in [0.1, 0.15) is 11.5 Å². The number of anilines is 2. The van der Waals surface area contributed by atoms with Crippen LogP contribution in [0.5, 0.6) is 11.5 Å². The van der Waals surface area contributed by atoms with Gasteiger partial charge < -0.3 is 20.1 Å². The first-order chi connectivity index (χ1) is 11.4. The number of amides is 2. The van der Waals surface area contributed by atoms with Gasteiger partial charge in [0, 0.05) is 18.3 Å². The van der Waals surface area contributed by atoms with E-state index in [1.54, 1.807) is 43.5 Å². The Morgan fingerprint density at radius 2 is 1.54 bits per heavy atom. The Balaban J connectivity index is 2.28. The largest absolute Gasteiger partial charge is 0.496 e. The van der Waals surface area contributed by atoms with Crippen LogP contribution in [0.3, 0.4) is 0 Å². The second-order valence-electron chi connectivity index (χ2n) is 5.24. The molecule has 2 rings (SSSR count). The molecule has 0 spiro atoms. The van der Waals surface area contributed by atoms with E-state index in [-0.39, 0.29) is 11.8 Å². The molecule has 0 aromatic heterocycles. The number of aryl methyl sites for hydroxylation is 1. The maximum Gasteiger partial charge on any atom is 0.259 e. The van der Waals surface area contributed by atoms with Crippen LogP contribution in [0, 0.1) is 6.92 Å². The molecule has 2 aromatic carbocycles. The van der Waals surface area contributed by atoms with E-state index in [2.05, 4.69) is 10.6 Å². The summed E-state index contributed by atoms with van der Waals surface area (Å²) in [5, 5.41) is 5.46. The molecule has 0 fully saturated rings. The third-order valence-corrected chi connectivity index (χ3v) is 3.40. The van der Waals surface area contributed by atoms with E-state index in [4.69, 9.17) is 9.47 Å². The van der Waals surface area contributed by atoms with Crippen molar-refractivity contribution in [2.24, 2.45) is 0 Å². The highest BCUT2D eigenvalue weighted by Crippen LogP contribution is 2.29. The molecule has 0 radical (unpaired) electrons. The van der Waals surface area contributed by atoms with Gasteiger partial charge in [0.25, 0.3) is 5.91 Å². The Bertz CT molecular complexity index is 772. The van der Waals surface area contributed by atoms with Gasteiger partial charge >= 0.3 is 0 Å². The van der Waals surface area contributed by atoms with E-state index in [1.807, 2.05) is 6.92 Å². The van der Waals surface area contributed by atoms with Crippen molar-refractivity contribution in [3.8, 4) is 11.5 Å². The number of carbonyl (C=O) groups is 2. The molecule has 126 valence electrons. The topological polar surface area (TPSA) is 76.7 Å². The number of methoxy groups -OCH3 is 2. The second kappa shape index (κ2) is 7.50. The summed E-state index contributed by atoms with van der Waals surface area (Å²) in [5.41, 5.74) is 2.41. The minimum Gasteiger partial charge on any atom is -0.496 e. The number of nitrogens with one attached hydrogen (secondary N) is 2. The van der Waals surface area contributed by atoms with Gasteiger partial charge in [0.2, 0.25) is 5.91 Å². The summed E-state index contributed by atoms with van der Waals surface area (Å²) in [6, 6.07) is 10.3. The van der Waals surface area contributed by atoms with Crippen molar-refractivity contribution in [1.29, 1.82) is 0 Å². The highest BCUT2D eigenvalue weighted by molar-refractivity contribution is 6.07. The molecular weight excluding hydrogens is 308 g/mol. The Morgan fingerprint density at radius 1 is 0.917 bits per heavy atom. The van der Waals surface area contributed by atoms with Crippen molar-refractivity contribution in [1.82, 2.24) is 0 Å². The molecule has 2 aromatic rings. The number of carbonyl (C=O) groups excluding carboxylic acids is 2.